The first-order valence-electron chi connectivity index (χ1n) is 9.85. The number of hydrogen-bond acceptors (Lipinski definition) is 1. The predicted molar refractivity (Wildman–Crippen MR) is 117 cm³/mol. The van der Waals surface area contributed by atoms with Gasteiger partial charge in [-0.1, -0.05) is 73.5 Å². The summed E-state index contributed by atoms with van der Waals surface area (Å²) in [6.45, 7) is 4.97. The van der Waals surface area contributed by atoms with Crippen LogP contribution in [0.15, 0.2) is 54.6 Å². The second kappa shape index (κ2) is 9.11. The van der Waals surface area contributed by atoms with E-state index in [0.717, 1.165) is 54.7 Å². The first-order valence-corrected chi connectivity index (χ1v) is 10.2. The van der Waals surface area contributed by atoms with Gasteiger partial charge in [-0.15, -0.1) is 0 Å². The Kier molecular flexibility index (Phi) is 6.58. The molecule has 2 N–H and O–H groups in total. The van der Waals surface area contributed by atoms with E-state index in [1.807, 2.05) is 37.3 Å². The second-order valence-corrected chi connectivity index (χ2v) is 7.52. The zero-order chi connectivity index (χ0) is 20.1. The van der Waals surface area contributed by atoms with E-state index in [2.05, 4.69) is 35.8 Å². The number of rotatable bonds is 8. The molecule has 0 atom stereocenters. The summed E-state index contributed by atoms with van der Waals surface area (Å²) in [4.78, 5) is 12.4. The van der Waals surface area contributed by atoms with Crippen molar-refractivity contribution in [3.8, 4) is 11.1 Å². The van der Waals surface area contributed by atoms with Crippen molar-refractivity contribution in [3.05, 3.63) is 82.1 Å². The average molecular weight is 395 g/mol. The Balaban J connectivity index is 2.14. The van der Waals surface area contributed by atoms with Crippen LogP contribution in [-0.2, 0) is 19.4 Å². The number of carbonyl (C=O) groups is 1. The van der Waals surface area contributed by atoms with Crippen molar-refractivity contribution in [3.63, 3.8) is 0 Å². The maximum atomic E-state index is 12.4. The summed E-state index contributed by atoms with van der Waals surface area (Å²) in [5.41, 5.74) is 11.5. The fourth-order valence-electron chi connectivity index (χ4n) is 3.85. The summed E-state index contributed by atoms with van der Waals surface area (Å²) in [5.74, 6) is -0.399. The molecular weight excluding hydrogens is 368 g/mol. The number of hydrogen-bond donors (Lipinski definition) is 1. The number of unbranched alkanes of at least 4 members (excludes halogenated alkanes) is 1. The van der Waals surface area contributed by atoms with Crippen LogP contribution in [0.2, 0.25) is 5.02 Å². The normalized spacial score (nSPS) is 11.0. The third-order valence-electron chi connectivity index (χ3n) is 5.25. The van der Waals surface area contributed by atoms with Gasteiger partial charge in [-0.05, 0) is 37.8 Å². The smallest absolute Gasteiger partial charge is 0.251 e. The van der Waals surface area contributed by atoms with Gasteiger partial charge in [0.25, 0.3) is 5.91 Å². The van der Waals surface area contributed by atoms with E-state index in [0.29, 0.717) is 10.6 Å². The molecule has 0 radical (unpaired) electrons. The van der Waals surface area contributed by atoms with Crippen molar-refractivity contribution in [1.29, 1.82) is 0 Å². The zero-order valence-corrected chi connectivity index (χ0v) is 17.3. The summed E-state index contributed by atoms with van der Waals surface area (Å²) >= 11 is 6.51. The summed E-state index contributed by atoms with van der Waals surface area (Å²) in [5, 5.41) is 0.642. The lowest BCUT2D eigenvalue weighted by Gasteiger charge is -2.14. The molecule has 1 aromatic heterocycles. The molecule has 0 unspecified atom stereocenters. The van der Waals surface area contributed by atoms with E-state index in [1.165, 1.54) is 5.56 Å². The molecule has 0 aliphatic heterocycles. The number of halogens is 1. The Labute approximate surface area is 172 Å². The van der Waals surface area contributed by atoms with Gasteiger partial charge in [-0.3, -0.25) is 4.79 Å². The van der Waals surface area contributed by atoms with E-state index in [9.17, 15) is 4.79 Å². The number of benzene rings is 2. The minimum Gasteiger partial charge on any atom is -0.366 e. The van der Waals surface area contributed by atoms with Gasteiger partial charge < -0.3 is 10.3 Å². The molecule has 146 valence electrons. The van der Waals surface area contributed by atoms with E-state index < -0.39 is 5.91 Å². The molecular formula is C24H27ClN2O. The first kappa shape index (κ1) is 20.2. The highest BCUT2D eigenvalue weighted by Crippen LogP contribution is 2.37. The van der Waals surface area contributed by atoms with Crippen LogP contribution in [-0.4, -0.2) is 10.5 Å². The van der Waals surface area contributed by atoms with Gasteiger partial charge in [-0.2, -0.15) is 0 Å². The minimum absolute atomic E-state index is 0.399. The lowest BCUT2D eigenvalue weighted by molar-refractivity contribution is 0.1000. The molecule has 0 aliphatic carbocycles. The summed E-state index contributed by atoms with van der Waals surface area (Å²) in [7, 11) is 0. The zero-order valence-electron chi connectivity index (χ0n) is 16.5. The highest BCUT2D eigenvalue weighted by Gasteiger charge is 2.25. The third kappa shape index (κ3) is 4.15. The highest BCUT2D eigenvalue weighted by molar-refractivity contribution is 6.33. The van der Waals surface area contributed by atoms with Crippen molar-refractivity contribution in [2.75, 3.05) is 0 Å². The maximum Gasteiger partial charge on any atom is 0.251 e. The summed E-state index contributed by atoms with van der Waals surface area (Å²) < 4.78 is 2.27. The summed E-state index contributed by atoms with van der Waals surface area (Å²) in [6.07, 6.45) is 3.91. The largest absolute Gasteiger partial charge is 0.366 e. The van der Waals surface area contributed by atoms with Crippen molar-refractivity contribution in [2.45, 2.75) is 46.1 Å². The number of amides is 1. The molecule has 28 heavy (non-hydrogen) atoms. The molecule has 1 heterocycles. The van der Waals surface area contributed by atoms with Crippen LogP contribution in [0.5, 0.6) is 0 Å². The molecule has 0 fully saturated rings. The van der Waals surface area contributed by atoms with Gasteiger partial charge in [0.1, 0.15) is 0 Å². The number of nitrogens with two attached hydrogens (primary N) is 1. The summed E-state index contributed by atoms with van der Waals surface area (Å²) in [6, 6.07) is 18.1. The van der Waals surface area contributed by atoms with Crippen LogP contribution in [0.25, 0.3) is 11.1 Å². The molecule has 2 aromatic carbocycles. The van der Waals surface area contributed by atoms with Crippen molar-refractivity contribution in [2.24, 2.45) is 5.73 Å². The molecule has 0 aliphatic rings. The van der Waals surface area contributed by atoms with Gasteiger partial charge in [0.15, 0.2) is 0 Å². The molecule has 1 amide bonds. The molecule has 3 aromatic rings. The number of aromatic nitrogens is 1. The molecule has 3 rings (SSSR count). The highest BCUT2D eigenvalue weighted by atomic mass is 35.5. The van der Waals surface area contributed by atoms with E-state index >= 15 is 0 Å². The van der Waals surface area contributed by atoms with Crippen LogP contribution in [0.4, 0.5) is 0 Å². The van der Waals surface area contributed by atoms with Gasteiger partial charge >= 0.3 is 0 Å². The molecule has 0 saturated carbocycles. The van der Waals surface area contributed by atoms with E-state index in [4.69, 9.17) is 17.3 Å². The van der Waals surface area contributed by atoms with Crippen LogP contribution < -0.4 is 5.73 Å². The molecule has 0 bridgehead atoms. The first-order chi connectivity index (χ1) is 13.5. The fourth-order valence-corrected chi connectivity index (χ4v) is 4.08. The monoisotopic (exact) mass is 394 g/mol. The number of primary amides is 1. The van der Waals surface area contributed by atoms with Gasteiger partial charge in [-0.25, -0.2) is 0 Å². The Morgan fingerprint density at radius 2 is 1.71 bits per heavy atom. The Morgan fingerprint density at radius 1 is 1.04 bits per heavy atom. The third-order valence-corrected chi connectivity index (χ3v) is 5.58. The minimum atomic E-state index is -0.399. The Hall–Kier alpha value is -2.52. The Bertz CT molecular complexity index is 960. The SMILES string of the molecule is CCCCc1c(-c2ccccc2Cl)c(C(N)=O)c(C)n1CCc1ccccc1. The number of aryl methyl sites for hydroxylation is 1. The van der Waals surface area contributed by atoms with Gasteiger partial charge in [0.05, 0.1) is 5.56 Å². The topological polar surface area (TPSA) is 48.0 Å². The number of nitrogens with zero attached hydrogens (tertiary/aromatic N) is 1. The molecule has 4 heteroatoms. The standard InChI is InChI=1S/C24H27ClN2O/c1-3-4-14-21-23(19-12-8-9-13-20(19)25)22(24(26)28)17(2)27(21)16-15-18-10-6-5-7-11-18/h5-13H,3-4,14-16H2,1-2H3,(H2,26,28). The van der Waals surface area contributed by atoms with Crippen LogP contribution in [0.1, 0.15) is 47.1 Å². The average Bonchev–Trinajstić information content (AvgIpc) is 2.97. The van der Waals surface area contributed by atoms with Gasteiger partial charge in [0, 0.05) is 34.1 Å². The molecule has 0 spiro atoms. The predicted octanol–water partition coefficient (Wildman–Crippen LogP) is 5.80. The van der Waals surface area contributed by atoms with Crippen LogP contribution >= 0.6 is 11.6 Å². The van der Waals surface area contributed by atoms with E-state index in [-0.39, 0.29) is 0 Å². The van der Waals surface area contributed by atoms with E-state index in [1.54, 1.807) is 0 Å². The molecule has 3 nitrogen and oxygen atoms in total. The second-order valence-electron chi connectivity index (χ2n) is 7.12. The van der Waals surface area contributed by atoms with Gasteiger partial charge in [0.2, 0.25) is 0 Å². The van der Waals surface area contributed by atoms with Crippen molar-refractivity contribution >= 4 is 17.5 Å². The van der Waals surface area contributed by atoms with Crippen molar-refractivity contribution < 1.29 is 4.79 Å². The quantitative estimate of drug-likeness (QED) is 0.515. The van der Waals surface area contributed by atoms with Crippen molar-refractivity contribution in [1.82, 2.24) is 4.57 Å². The maximum absolute atomic E-state index is 12.4. The number of carbonyl (C=O) groups excluding carboxylic acids is 1. The lowest BCUT2D eigenvalue weighted by atomic mass is 9.97. The van der Waals surface area contributed by atoms with Crippen LogP contribution in [0, 0.1) is 6.92 Å². The Morgan fingerprint density at radius 3 is 2.36 bits per heavy atom. The lowest BCUT2D eigenvalue weighted by Crippen LogP contribution is -2.14. The molecule has 0 saturated heterocycles. The fraction of sp³-hybridized carbons (Fsp3) is 0.292. The van der Waals surface area contributed by atoms with Crippen LogP contribution in [0.3, 0.4) is 0 Å².